The fourth-order valence-electron chi connectivity index (χ4n) is 3.04. The molecule has 0 aliphatic carbocycles. The first kappa shape index (κ1) is 16.1. The summed E-state index contributed by atoms with van der Waals surface area (Å²) < 4.78 is 10.4. The summed E-state index contributed by atoms with van der Waals surface area (Å²) in [7, 11) is 3.22. The maximum atomic E-state index is 11.0. The maximum Gasteiger partial charge on any atom is 0.305 e. The molecule has 6 heteroatoms. The van der Waals surface area contributed by atoms with Crippen molar-refractivity contribution in [2.24, 2.45) is 4.99 Å². The van der Waals surface area contributed by atoms with E-state index in [4.69, 9.17) is 4.74 Å². The van der Waals surface area contributed by atoms with Crippen LogP contribution in [0.25, 0.3) is 0 Å². The molecule has 3 atom stereocenters. The van der Waals surface area contributed by atoms with Crippen molar-refractivity contribution < 1.29 is 14.3 Å². The number of carbonyl (C=O) groups is 1. The molecule has 0 radical (unpaired) electrons. The van der Waals surface area contributed by atoms with Crippen molar-refractivity contribution in [2.75, 3.05) is 20.7 Å². The molecular formula is C15H27N3O3. The molecule has 21 heavy (non-hydrogen) atoms. The van der Waals surface area contributed by atoms with Crippen LogP contribution in [0.5, 0.6) is 0 Å². The maximum absolute atomic E-state index is 11.0. The molecule has 0 aromatic rings. The number of hydrogen-bond acceptors (Lipinski definition) is 4. The third-order valence-corrected chi connectivity index (χ3v) is 4.23. The molecule has 2 aliphatic rings. The molecule has 2 heterocycles. The molecule has 2 saturated heterocycles. The van der Waals surface area contributed by atoms with Gasteiger partial charge in [0.15, 0.2) is 5.96 Å². The zero-order valence-corrected chi connectivity index (χ0v) is 13.1. The summed E-state index contributed by atoms with van der Waals surface area (Å²) >= 11 is 0. The van der Waals surface area contributed by atoms with Crippen LogP contribution in [0.4, 0.5) is 0 Å². The van der Waals surface area contributed by atoms with Crippen LogP contribution >= 0.6 is 0 Å². The molecular weight excluding hydrogens is 270 g/mol. The second kappa shape index (κ2) is 8.22. The number of esters is 1. The van der Waals surface area contributed by atoms with Crippen molar-refractivity contribution in [2.45, 2.75) is 63.2 Å². The number of carbonyl (C=O) groups excluding carboxylic acids is 1. The predicted octanol–water partition coefficient (Wildman–Crippen LogP) is 1.20. The van der Waals surface area contributed by atoms with Gasteiger partial charge in [0.2, 0.25) is 0 Å². The Labute approximate surface area is 126 Å². The number of rotatable bonds is 7. The summed E-state index contributed by atoms with van der Waals surface area (Å²) in [6.45, 7) is 0.864. The predicted molar refractivity (Wildman–Crippen MR) is 81.3 cm³/mol. The van der Waals surface area contributed by atoms with Crippen molar-refractivity contribution in [1.29, 1.82) is 0 Å². The standard InChI is InChI=1S/C15H27N3O3/c1-16-15(17-9-5-3-4-6-14(19)20-2)18-12-10-11-7-8-13(12)21-11/h11-13H,3-10H2,1-2H3,(H2,16,17,18). The van der Waals surface area contributed by atoms with Crippen molar-refractivity contribution >= 4 is 11.9 Å². The van der Waals surface area contributed by atoms with Crippen LogP contribution in [0.3, 0.4) is 0 Å². The number of nitrogens with zero attached hydrogens (tertiary/aromatic N) is 1. The Morgan fingerprint density at radius 1 is 1.33 bits per heavy atom. The molecule has 120 valence electrons. The van der Waals surface area contributed by atoms with Gasteiger partial charge >= 0.3 is 5.97 Å². The van der Waals surface area contributed by atoms with Crippen LogP contribution in [0, 0.1) is 0 Å². The van der Waals surface area contributed by atoms with E-state index >= 15 is 0 Å². The Bertz CT molecular complexity index is 373. The van der Waals surface area contributed by atoms with Gasteiger partial charge in [0.05, 0.1) is 25.4 Å². The monoisotopic (exact) mass is 297 g/mol. The minimum Gasteiger partial charge on any atom is -0.469 e. The largest absolute Gasteiger partial charge is 0.469 e. The van der Waals surface area contributed by atoms with Crippen molar-refractivity contribution in [3.8, 4) is 0 Å². The average Bonchev–Trinajstić information content (AvgIpc) is 3.11. The van der Waals surface area contributed by atoms with E-state index < -0.39 is 0 Å². The lowest BCUT2D eigenvalue weighted by atomic mass is 9.96. The summed E-state index contributed by atoms with van der Waals surface area (Å²) in [5.74, 6) is 0.723. The Balaban J connectivity index is 1.55. The summed E-state index contributed by atoms with van der Waals surface area (Å²) in [4.78, 5) is 15.2. The van der Waals surface area contributed by atoms with E-state index in [1.807, 2.05) is 0 Å². The van der Waals surface area contributed by atoms with Crippen molar-refractivity contribution in [3.63, 3.8) is 0 Å². The number of aliphatic imine (C=N–C) groups is 1. The number of guanidine groups is 1. The number of nitrogens with one attached hydrogen (secondary N) is 2. The number of methoxy groups -OCH3 is 1. The topological polar surface area (TPSA) is 72.0 Å². The minimum absolute atomic E-state index is 0.128. The van der Waals surface area contributed by atoms with Gasteiger partial charge in [0.1, 0.15) is 0 Å². The highest BCUT2D eigenvalue weighted by molar-refractivity contribution is 5.80. The highest BCUT2D eigenvalue weighted by atomic mass is 16.5. The lowest BCUT2D eigenvalue weighted by Gasteiger charge is -2.22. The molecule has 0 spiro atoms. The molecule has 2 bridgehead atoms. The lowest BCUT2D eigenvalue weighted by molar-refractivity contribution is -0.140. The third-order valence-electron chi connectivity index (χ3n) is 4.23. The molecule has 2 aliphatic heterocycles. The van der Waals surface area contributed by atoms with Gasteiger partial charge in [-0.15, -0.1) is 0 Å². The Hall–Kier alpha value is -1.30. The highest BCUT2D eigenvalue weighted by Crippen LogP contribution is 2.34. The first-order valence-corrected chi connectivity index (χ1v) is 7.92. The fraction of sp³-hybridized carbons (Fsp3) is 0.867. The molecule has 6 nitrogen and oxygen atoms in total. The lowest BCUT2D eigenvalue weighted by Crippen LogP contribution is -2.47. The molecule has 2 fully saturated rings. The normalized spacial score (nSPS) is 27.7. The molecule has 2 N–H and O–H groups in total. The number of hydrogen-bond donors (Lipinski definition) is 2. The first-order valence-electron chi connectivity index (χ1n) is 7.92. The van der Waals surface area contributed by atoms with Crippen LogP contribution in [0.2, 0.25) is 0 Å². The molecule has 0 aromatic carbocycles. The van der Waals surface area contributed by atoms with Crippen LogP contribution < -0.4 is 10.6 Å². The van der Waals surface area contributed by atoms with E-state index in [2.05, 4.69) is 20.4 Å². The van der Waals surface area contributed by atoms with Gasteiger partial charge in [-0.3, -0.25) is 9.79 Å². The van der Waals surface area contributed by atoms with E-state index in [9.17, 15) is 4.79 Å². The first-order chi connectivity index (χ1) is 10.2. The molecule has 0 amide bonds. The second-order valence-electron chi connectivity index (χ2n) is 5.75. The van der Waals surface area contributed by atoms with Gasteiger partial charge in [-0.1, -0.05) is 6.42 Å². The summed E-state index contributed by atoms with van der Waals surface area (Å²) in [6, 6.07) is 0.397. The van der Waals surface area contributed by atoms with E-state index in [1.165, 1.54) is 13.5 Å². The van der Waals surface area contributed by atoms with Gasteiger partial charge in [-0.05, 0) is 32.1 Å². The van der Waals surface area contributed by atoms with Gasteiger partial charge in [0.25, 0.3) is 0 Å². The molecule has 3 unspecified atom stereocenters. The zero-order chi connectivity index (χ0) is 15.1. The Kier molecular flexibility index (Phi) is 6.29. The smallest absolute Gasteiger partial charge is 0.305 e. The third kappa shape index (κ3) is 4.88. The zero-order valence-electron chi connectivity index (χ0n) is 13.1. The van der Waals surface area contributed by atoms with Gasteiger partial charge < -0.3 is 20.1 Å². The Morgan fingerprint density at radius 3 is 2.81 bits per heavy atom. The number of fused-ring (bicyclic) bond motifs is 2. The number of unbranched alkanes of at least 4 members (excludes halogenated alkanes) is 2. The van der Waals surface area contributed by atoms with E-state index in [1.54, 1.807) is 7.05 Å². The summed E-state index contributed by atoms with van der Waals surface area (Å²) in [5.41, 5.74) is 0. The average molecular weight is 297 g/mol. The van der Waals surface area contributed by atoms with E-state index in [-0.39, 0.29) is 5.97 Å². The van der Waals surface area contributed by atoms with Gasteiger partial charge in [-0.2, -0.15) is 0 Å². The van der Waals surface area contributed by atoms with Crippen LogP contribution in [-0.2, 0) is 14.3 Å². The van der Waals surface area contributed by atoms with E-state index in [0.29, 0.717) is 24.7 Å². The molecule has 0 saturated carbocycles. The second-order valence-corrected chi connectivity index (χ2v) is 5.75. The summed E-state index contributed by atoms with van der Waals surface area (Å²) in [5, 5.41) is 6.78. The fourth-order valence-corrected chi connectivity index (χ4v) is 3.04. The van der Waals surface area contributed by atoms with Crippen LogP contribution in [0.15, 0.2) is 4.99 Å². The summed E-state index contributed by atoms with van der Waals surface area (Å²) in [6.07, 6.45) is 7.66. The van der Waals surface area contributed by atoms with Gasteiger partial charge in [0, 0.05) is 20.0 Å². The molecule has 2 rings (SSSR count). The SMILES string of the molecule is CN=C(NCCCCCC(=O)OC)NC1CC2CCC1O2. The highest BCUT2D eigenvalue weighted by Gasteiger charge is 2.40. The van der Waals surface area contributed by atoms with Crippen LogP contribution in [-0.4, -0.2) is 50.9 Å². The van der Waals surface area contributed by atoms with Crippen molar-refractivity contribution in [3.05, 3.63) is 0 Å². The Morgan fingerprint density at radius 2 is 2.19 bits per heavy atom. The quantitative estimate of drug-likeness (QED) is 0.320. The number of ether oxygens (including phenoxy) is 2. The van der Waals surface area contributed by atoms with Crippen molar-refractivity contribution in [1.82, 2.24) is 10.6 Å². The minimum atomic E-state index is -0.128. The van der Waals surface area contributed by atoms with E-state index in [0.717, 1.165) is 44.6 Å². The van der Waals surface area contributed by atoms with Gasteiger partial charge in [-0.25, -0.2) is 0 Å². The van der Waals surface area contributed by atoms with Crippen LogP contribution in [0.1, 0.15) is 44.9 Å². The molecule has 0 aromatic heterocycles.